The van der Waals surface area contributed by atoms with E-state index in [2.05, 4.69) is 4.98 Å². The lowest BCUT2D eigenvalue weighted by atomic mass is 10.2. The molecule has 0 saturated carbocycles. The van der Waals surface area contributed by atoms with E-state index < -0.39 is 5.97 Å². The number of carboxylic acid groups (broad SMARTS) is 1. The molecule has 0 fully saturated rings. The number of hydrogen-bond donors (Lipinski definition) is 1. The van der Waals surface area contributed by atoms with Gasteiger partial charge in [-0.2, -0.15) is 0 Å². The first-order valence-electron chi connectivity index (χ1n) is 5.32. The molecule has 0 aliphatic rings. The topological polar surface area (TPSA) is 59.4 Å². The Bertz CT molecular complexity index is 617. The number of aromatic carboxylic acids is 1. The van der Waals surface area contributed by atoms with Gasteiger partial charge in [0.05, 0.1) is 16.3 Å². The molecule has 0 unspecified atom stereocenters. The maximum Gasteiger partial charge on any atom is 0.335 e. The van der Waals surface area contributed by atoms with E-state index in [1.54, 1.807) is 18.2 Å². The fraction of sp³-hybridized carbons (Fsp3) is 0.0769. The van der Waals surface area contributed by atoms with Crippen molar-refractivity contribution in [2.24, 2.45) is 0 Å². The highest BCUT2D eigenvalue weighted by Crippen LogP contribution is 2.28. The smallest absolute Gasteiger partial charge is 0.335 e. The summed E-state index contributed by atoms with van der Waals surface area (Å²) in [5, 5.41) is 9.80. The van der Waals surface area contributed by atoms with Gasteiger partial charge in [0.15, 0.2) is 0 Å². The average molecular weight is 298 g/mol. The zero-order valence-corrected chi connectivity index (χ0v) is 11.1. The Morgan fingerprint density at radius 3 is 2.79 bits per heavy atom. The Morgan fingerprint density at radius 1 is 1.26 bits per heavy atom. The molecule has 6 heteroatoms. The van der Waals surface area contributed by atoms with Crippen molar-refractivity contribution in [1.29, 1.82) is 0 Å². The maximum atomic E-state index is 10.8. The van der Waals surface area contributed by atoms with Crippen molar-refractivity contribution in [3.8, 4) is 5.75 Å². The highest BCUT2D eigenvalue weighted by Gasteiger charge is 2.07. The fourth-order valence-electron chi connectivity index (χ4n) is 1.43. The van der Waals surface area contributed by atoms with Crippen LogP contribution < -0.4 is 4.74 Å². The molecule has 2 rings (SSSR count). The third-order valence-corrected chi connectivity index (χ3v) is 2.88. The Balaban J connectivity index is 2.12. The van der Waals surface area contributed by atoms with E-state index >= 15 is 0 Å². The summed E-state index contributed by atoms with van der Waals surface area (Å²) in [4.78, 5) is 14.8. The summed E-state index contributed by atoms with van der Waals surface area (Å²) >= 11 is 11.8. The van der Waals surface area contributed by atoms with Crippen LogP contribution in [0.2, 0.25) is 10.0 Å². The van der Waals surface area contributed by atoms with Gasteiger partial charge in [-0.15, -0.1) is 0 Å². The van der Waals surface area contributed by atoms with Gasteiger partial charge in [0.2, 0.25) is 0 Å². The Hall–Kier alpha value is -1.78. The number of halogens is 2. The van der Waals surface area contributed by atoms with Crippen molar-refractivity contribution in [2.75, 3.05) is 0 Å². The number of pyridine rings is 1. The molecule has 0 atom stereocenters. The molecule has 1 heterocycles. The monoisotopic (exact) mass is 297 g/mol. The van der Waals surface area contributed by atoms with Crippen LogP contribution in [0.25, 0.3) is 0 Å². The zero-order valence-electron chi connectivity index (χ0n) is 9.64. The average Bonchev–Trinajstić information content (AvgIpc) is 2.40. The highest BCUT2D eigenvalue weighted by atomic mass is 35.5. The second-order valence-electron chi connectivity index (χ2n) is 3.70. The molecule has 0 amide bonds. The Kier molecular flexibility index (Phi) is 4.24. The number of rotatable bonds is 4. The number of nitrogens with zero attached hydrogens (tertiary/aromatic N) is 1. The first kappa shape index (κ1) is 13.6. The molecule has 1 aromatic carbocycles. The van der Waals surface area contributed by atoms with Gasteiger partial charge < -0.3 is 9.84 Å². The molecule has 1 aromatic heterocycles. The van der Waals surface area contributed by atoms with Crippen LogP contribution >= 0.6 is 23.2 Å². The number of benzene rings is 1. The van der Waals surface area contributed by atoms with Gasteiger partial charge in [-0.1, -0.05) is 23.2 Å². The summed E-state index contributed by atoms with van der Waals surface area (Å²) in [5.74, 6) is -0.582. The van der Waals surface area contributed by atoms with E-state index in [-0.39, 0.29) is 12.2 Å². The van der Waals surface area contributed by atoms with E-state index in [9.17, 15) is 4.79 Å². The predicted octanol–water partition coefficient (Wildman–Crippen LogP) is 3.67. The largest absolute Gasteiger partial charge is 0.486 e. The molecule has 19 heavy (non-hydrogen) atoms. The van der Waals surface area contributed by atoms with Crippen LogP contribution in [0.1, 0.15) is 16.1 Å². The molecule has 0 bridgehead atoms. The molecule has 0 aliphatic heterocycles. The second-order valence-corrected chi connectivity index (χ2v) is 4.55. The number of ether oxygens (including phenoxy) is 1. The molecule has 0 spiro atoms. The van der Waals surface area contributed by atoms with Crippen molar-refractivity contribution in [1.82, 2.24) is 4.98 Å². The van der Waals surface area contributed by atoms with E-state index in [0.717, 1.165) is 0 Å². The molecule has 4 nitrogen and oxygen atoms in total. The van der Waals surface area contributed by atoms with Crippen molar-refractivity contribution >= 4 is 29.2 Å². The van der Waals surface area contributed by atoms with Gasteiger partial charge >= 0.3 is 5.97 Å². The first-order valence-corrected chi connectivity index (χ1v) is 6.08. The minimum absolute atomic E-state index is 0.112. The zero-order chi connectivity index (χ0) is 13.8. The van der Waals surface area contributed by atoms with E-state index in [1.165, 1.54) is 18.3 Å². The van der Waals surface area contributed by atoms with Crippen molar-refractivity contribution in [3.05, 3.63) is 57.8 Å². The minimum atomic E-state index is -1.01. The molecular formula is C13H9Cl2NO3. The molecule has 1 N–H and O–H groups in total. The van der Waals surface area contributed by atoms with E-state index in [0.29, 0.717) is 21.5 Å². The van der Waals surface area contributed by atoms with E-state index in [4.69, 9.17) is 33.0 Å². The summed E-state index contributed by atoms with van der Waals surface area (Å²) in [5.41, 5.74) is 0.654. The fourth-order valence-corrected chi connectivity index (χ4v) is 1.76. The number of hydrogen-bond acceptors (Lipinski definition) is 3. The van der Waals surface area contributed by atoms with Crippen LogP contribution in [-0.4, -0.2) is 16.1 Å². The van der Waals surface area contributed by atoms with Gasteiger partial charge in [-0.25, -0.2) is 4.79 Å². The SMILES string of the molecule is O=C(O)c1ccnc(COc2cc(Cl)ccc2Cl)c1. The third kappa shape index (κ3) is 3.59. The molecular weight excluding hydrogens is 289 g/mol. The maximum absolute atomic E-state index is 10.8. The van der Waals surface area contributed by atoms with Gasteiger partial charge in [0.25, 0.3) is 0 Å². The molecule has 98 valence electrons. The van der Waals surface area contributed by atoms with Gasteiger partial charge in [-0.3, -0.25) is 4.98 Å². The standard InChI is InChI=1S/C13H9Cl2NO3/c14-9-1-2-11(15)12(6-9)19-7-10-5-8(13(17)18)3-4-16-10/h1-6H,7H2,(H,17,18). The lowest BCUT2D eigenvalue weighted by Crippen LogP contribution is -2.02. The summed E-state index contributed by atoms with van der Waals surface area (Å²) in [6.07, 6.45) is 1.42. The minimum Gasteiger partial charge on any atom is -0.486 e. The number of aromatic nitrogens is 1. The lowest BCUT2D eigenvalue weighted by Gasteiger charge is -2.08. The first-order chi connectivity index (χ1) is 9.06. The Labute approximate surface area is 119 Å². The summed E-state index contributed by atoms with van der Waals surface area (Å²) in [6.45, 7) is 0.112. The predicted molar refractivity (Wildman–Crippen MR) is 72.0 cm³/mol. The Morgan fingerprint density at radius 2 is 2.05 bits per heavy atom. The molecule has 2 aromatic rings. The third-order valence-electron chi connectivity index (χ3n) is 2.33. The second kappa shape index (κ2) is 5.91. The van der Waals surface area contributed by atoms with Crippen molar-refractivity contribution in [2.45, 2.75) is 6.61 Å². The van der Waals surface area contributed by atoms with Gasteiger partial charge in [0.1, 0.15) is 12.4 Å². The quantitative estimate of drug-likeness (QED) is 0.935. The van der Waals surface area contributed by atoms with Crippen LogP contribution in [-0.2, 0) is 6.61 Å². The molecule has 0 radical (unpaired) electrons. The summed E-state index contributed by atoms with van der Waals surface area (Å²) in [6, 6.07) is 7.73. The van der Waals surface area contributed by atoms with Crippen LogP contribution in [0.5, 0.6) is 5.75 Å². The van der Waals surface area contributed by atoms with Crippen LogP contribution in [0.4, 0.5) is 0 Å². The van der Waals surface area contributed by atoms with Gasteiger partial charge in [-0.05, 0) is 24.3 Å². The van der Waals surface area contributed by atoms with E-state index in [1.807, 2.05) is 0 Å². The number of carbonyl (C=O) groups is 1. The van der Waals surface area contributed by atoms with Crippen molar-refractivity contribution in [3.63, 3.8) is 0 Å². The highest BCUT2D eigenvalue weighted by molar-refractivity contribution is 6.34. The normalized spacial score (nSPS) is 10.2. The van der Waals surface area contributed by atoms with Crippen LogP contribution in [0, 0.1) is 0 Å². The van der Waals surface area contributed by atoms with Crippen LogP contribution in [0.15, 0.2) is 36.5 Å². The van der Waals surface area contributed by atoms with Crippen LogP contribution in [0.3, 0.4) is 0 Å². The summed E-state index contributed by atoms with van der Waals surface area (Å²) < 4.78 is 5.47. The van der Waals surface area contributed by atoms with Gasteiger partial charge in [0, 0.05) is 17.3 Å². The summed E-state index contributed by atoms with van der Waals surface area (Å²) in [7, 11) is 0. The molecule has 0 aliphatic carbocycles. The molecule has 0 saturated heterocycles. The lowest BCUT2D eigenvalue weighted by molar-refractivity contribution is 0.0696. The van der Waals surface area contributed by atoms with Crippen molar-refractivity contribution < 1.29 is 14.6 Å². The number of carboxylic acids is 1.